The number of nitrogens with two attached hydrogens (primary N) is 2. The molecule has 1 aliphatic heterocycles. The van der Waals surface area contributed by atoms with Crippen molar-refractivity contribution in [1.82, 2.24) is 21.3 Å². The van der Waals surface area contributed by atoms with Gasteiger partial charge in [-0.2, -0.15) is 0 Å². The number of guanidine groups is 1. The lowest BCUT2D eigenvalue weighted by Crippen LogP contribution is -2.59. The molecule has 34 heavy (non-hydrogen) atoms. The zero-order valence-electron chi connectivity index (χ0n) is 20.6. The van der Waals surface area contributed by atoms with Crippen LogP contribution < -0.4 is 32.7 Å². The summed E-state index contributed by atoms with van der Waals surface area (Å²) in [5.74, 6) is -3.16. The van der Waals surface area contributed by atoms with Crippen LogP contribution in [0.5, 0.6) is 0 Å². The fraction of sp³-hybridized carbons (Fsp3) is 0.773. The van der Waals surface area contributed by atoms with E-state index in [1.807, 2.05) is 13.8 Å². The first-order valence-electron chi connectivity index (χ1n) is 11.9. The fourth-order valence-corrected chi connectivity index (χ4v) is 3.67. The van der Waals surface area contributed by atoms with Gasteiger partial charge in [0.25, 0.3) is 0 Å². The molecule has 0 radical (unpaired) electrons. The van der Waals surface area contributed by atoms with E-state index in [1.165, 1.54) is 0 Å². The van der Waals surface area contributed by atoms with Crippen LogP contribution in [-0.2, 0) is 19.2 Å². The lowest BCUT2D eigenvalue weighted by Gasteiger charge is -2.28. The van der Waals surface area contributed by atoms with Gasteiger partial charge in [-0.3, -0.25) is 19.4 Å². The number of hydrogen-bond donors (Lipinski definition) is 7. The number of hydrogen-bond acceptors (Lipinski definition) is 6. The van der Waals surface area contributed by atoms with Gasteiger partial charge in [0.2, 0.25) is 17.7 Å². The van der Waals surface area contributed by atoms with Gasteiger partial charge in [-0.15, -0.1) is 0 Å². The van der Waals surface area contributed by atoms with Crippen LogP contribution in [0.25, 0.3) is 0 Å². The smallest absolute Gasteiger partial charge is 0.326 e. The molecule has 5 unspecified atom stereocenters. The highest BCUT2D eigenvalue weighted by Crippen LogP contribution is 2.12. The molecule has 1 rings (SSSR count). The van der Waals surface area contributed by atoms with Gasteiger partial charge in [0, 0.05) is 6.54 Å². The first kappa shape index (κ1) is 29.1. The van der Waals surface area contributed by atoms with E-state index in [4.69, 9.17) is 11.5 Å². The molecule has 12 nitrogen and oxygen atoms in total. The van der Waals surface area contributed by atoms with Crippen LogP contribution in [0.3, 0.4) is 0 Å². The van der Waals surface area contributed by atoms with E-state index >= 15 is 0 Å². The highest BCUT2D eigenvalue weighted by atomic mass is 16.4. The molecule has 0 aromatic rings. The van der Waals surface area contributed by atoms with Crippen LogP contribution in [0.1, 0.15) is 59.8 Å². The predicted octanol–water partition coefficient (Wildman–Crippen LogP) is -0.967. The molecule has 0 spiro atoms. The molecule has 9 N–H and O–H groups in total. The van der Waals surface area contributed by atoms with E-state index in [-0.39, 0.29) is 42.7 Å². The van der Waals surface area contributed by atoms with Crippen molar-refractivity contribution in [2.75, 3.05) is 13.1 Å². The molecule has 1 aliphatic rings. The summed E-state index contributed by atoms with van der Waals surface area (Å²) in [5.41, 5.74) is 10.7. The topological polar surface area (TPSA) is 201 Å². The number of aliphatic imine (C=N–C) groups is 1. The molecule has 1 saturated heterocycles. The molecular weight excluding hydrogens is 442 g/mol. The Labute approximate surface area is 201 Å². The number of nitrogens with one attached hydrogen (secondary N) is 4. The molecule has 1 fully saturated rings. The third-order valence-electron chi connectivity index (χ3n) is 5.98. The zero-order valence-corrected chi connectivity index (χ0v) is 20.6. The molecular formula is C22H41N7O5. The first-order valence-corrected chi connectivity index (χ1v) is 11.9. The molecule has 0 saturated carbocycles. The van der Waals surface area contributed by atoms with Crippen molar-refractivity contribution in [3.05, 3.63) is 0 Å². The van der Waals surface area contributed by atoms with Gasteiger partial charge in [0.1, 0.15) is 18.1 Å². The Morgan fingerprint density at radius 1 is 1.06 bits per heavy atom. The Morgan fingerprint density at radius 2 is 1.74 bits per heavy atom. The van der Waals surface area contributed by atoms with E-state index in [2.05, 4.69) is 26.3 Å². The second-order valence-corrected chi connectivity index (χ2v) is 9.10. The Balaban J connectivity index is 2.99. The molecule has 3 amide bonds. The predicted molar refractivity (Wildman–Crippen MR) is 129 cm³/mol. The van der Waals surface area contributed by atoms with Gasteiger partial charge in [-0.05, 0) is 44.1 Å². The normalized spacial score (nSPS) is 18.9. The molecule has 0 aromatic carbocycles. The summed E-state index contributed by atoms with van der Waals surface area (Å²) in [5, 5.41) is 20.6. The number of aliphatic carboxylic acids is 1. The van der Waals surface area contributed by atoms with Crippen LogP contribution >= 0.6 is 0 Å². The highest BCUT2D eigenvalue weighted by molar-refractivity contribution is 5.94. The monoisotopic (exact) mass is 483 g/mol. The Morgan fingerprint density at radius 3 is 2.24 bits per heavy atom. The van der Waals surface area contributed by atoms with Gasteiger partial charge in [0.05, 0.1) is 6.04 Å². The maximum absolute atomic E-state index is 13.2. The Kier molecular flexibility index (Phi) is 12.3. The molecule has 194 valence electrons. The molecule has 0 aliphatic carbocycles. The Bertz CT molecular complexity index is 733. The molecule has 0 bridgehead atoms. The summed E-state index contributed by atoms with van der Waals surface area (Å²) >= 11 is 0. The van der Waals surface area contributed by atoms with Crippen molar-refractivity contribution < 1.29 is 24.3 Å². The van der Waals surface area contributed by atoms with Crippen LogP contribution in [0.15, 0.2) is 4.99 Å². The van der Waals surface area contributed by atoms with Crippen molar-refractivity contribution in [2.45, 2.75) is 84.0 Å². The van der Waals surface area contributed by atoms with Gasteiger partial charge in [-0.1, -0.05) is 34.1 Å². The number of carboxylic acids is 1. The minimum absolute atomic E-state index is 0.0872. The van der Waals surface area contributed by atoms with Crippen molar-refractivity contribution in [1.29, 1.82) is 0 Å². The lowest BCUT2D eigenvalue weighted by atomic mass is 9.97. The van der Waals surface area contributed by atoms with E-state index in [9.17, 15) is 24.3 Å². The maximum atomic E-state index is 13.2. The summed E-state index contributed by atoms with van der Waals surface area (Å²) in [7, 11) is 0. The first-order chi connectivity index (χ1) is 16.0. The number of nitrogens with zero attached hydrogens (tertiary/aromatic N) is 1. The molecule has 12 heteroatoms. The van der Waals surface area contributed by atoms with Crippen LogP contribution in [0.4, 0.5) is 0 Å². The fourth-order valence-electron chi connectivity index (χ4n) is 3.67. The molecule has 0 aromatic heterocycles. The number of carboxylic acid groups (broad SMARTS) is 1. The number of carbonyl (C=O) groups excluding carboxylic acids is 3. The van der Waals surface area contributed by atoms with Crippen LogP contribution in [0, 0.1) is 11.8 Å². The van der Waals surface area contributed by atoms with Gasteiger partial charge >= 0.3 is 5.97 Å². The van der Waals surface area contributed by atoms with Gasteiger partial charge < -0.3 is 37.8 Å². The molecule has 1 heterocycles. The van der Waals surface area contributed by atoms with E-state index in [0.717, 1.165) is 13.0 Å². The Hall–Kier alpha value is -2.89. The molecule has 5 atom stereocenters. The zero-order chi connectivity index (χ0) is 25.8. The van der Waals surface area contributed by atoms with E-state index < -0.39 is 35.9 Å². The van der Waals surface area contributed by atoms with Crippen molar-refractivity contribution in [3.63, 3.8) is 0 Å². The second-order valence-electron chi connectivity index (χ2n) is 9.10. The van der Waals surface area contributed by atoms with Crippen molar-refractivity contribution in [3.8, 4) is 0 Å². The standard InChI is InChI=1S/C22H41N7O5/c1-5-13(4)17(29-18(30)14-8-6-10-25-14)20(32)27-15(9-7-11-26-22(23)24)19(31)28-16(12(2)3)21(33)34/h12-17,25H,5-11H2,1-4H3,(H,27,32)(H,28,31)(H,29,30)(H,33,34)(H4,23,24,26). The second kappa shape index (κ2) is 14.4. The van der Waals surface area contributed by atoms with Crippen LogP contribution in [0.2, 0.25) is 0 Å². The van der Waals surface area contributed by atoms with Crippen LogP contribution in [-0.4, -0.2) is 72.0 Å². The van der Waals surface area contributed by atoms with E-state index in [0.29, 0.717) is 19.3 Å². The lowest BCUT2D eigenvalue weighted by molar-refractivity contribution is -0.143. The summed E-state index contributed by atoms with van der Waals surface area (Å²) in [6.07, 6.45) is 2.78. The van der Waals surface area contributed by atoms with Gasteiger partial charge in [-0.25, -0.2) is 4.79 Å². The SMILES string of the molecule is CCC(C)C(NC(=O)C1CCCN1)C(=O)NC(CCCN=C(N)N)C(=O)NC(C(=O)O)C(C)C. The minimum Gasteiger partial charge on any atom is -0.480 e. The summed E-state index contributed by atoms with van der Waals surface area (Å²) in [4.78, 5) is 54.2. The van der Waals surface area contributed by atoms with Crippen molar-refractivity contribution in [2.24, 2.45) is 28.3 Å². The maximum Gasteiger partial charge on any atom is 0.326 e. The summed E-state index contributed by atoms with van der Waals surface area (Å²) < 4.78 is 0. The largest absolute Gasteiger partial charge is 0.480 e. The number of carbonyl (C=O) groups is 4. The third-order valence-corrected chi connectivity index (χ3v) is 5.98. The average molecular weight is 484 g/mol. The summed E-state index contributed by atoms with van der Waals surface area (Å²) in [6, 6.07) is -3.31. The third kappa shape index (κ3) is 9.54. The van der Waals surface area contributed by atoms with Crippen molar-refractivity contribution >= 4 is 29.7 Å². The average Bonchev–Trinajstić information content (AvgIpc) is 3.31. The quantitative estimate of drug-likeness (QED) is 0.0929. The minimum atomic E-state index is -1.16. The summed E-state index contributed by atoms with van der Waals surface area (Å²) in [6.45, 7) is 8.10. The van der Waals surface area contributed by atoms with Gasteiger partial charge in [0.15, 0.2) is 5.96 Å². The number of amides is 3. The highest BCUT2D eigenvalue weighted by Gasteiger charge is 2.33. The number of rotatable bonds is 14. The van der Waals surface area contributed by atoms with E-state index in [1.54, 1.807) is 13.8 Å².